The summed E-state index contributed by atoms with van der Waals surface area (Å²) in [7, 11) is 0. The molecule has 3 saturated carbocycles. The predicted molar refractivity (Wildman–Crippen MR) is 119 cm³/mol. The van der Waals surface area contributed by atoms with E-state index in [4.69, 9.17) is 10.7 Å². The van der Waals surface area contributed by atoms with E-state index in [-0.39, 0.29) is 16.9 Å². The van der Waals surface area contributed by atoms with Gasteiger partial charge in [-0.25, -0.2) is 4.98 Å². The number of fused-ring (bicyclic) bond motifs is 6. The first kappa shape index (κ1) is 18.8. The summed E-state index contributed by atoms with van der Waals surface area (Å²) in [5, 5.41) is 0. The van der Waals surface area contributed by atoms with Crippen LogP contribution in [0.1, 0.15) is 64.3 Å². The summed E-state index contributed by atoms with van der Waals surface area (Å²) in [5.41, 5.74) is 10.1. The van der Waals surface area contributed by atoms with E-state index in [1.807, 2.05) is 0 Å². The first-order valence-corrected chi connectivity index (χ1v) is 11.9. The van der Waals surface area contributed by atoms with Crippen molar-refractivity contribution in [2.75, 3.05) is 0 Å². The maximum Gasteiger partial charge on any atom is 0.130 e. The maximum atomic E-state index is 12.6. The van der Waals surface area contributed by atoms with Gasteiger partial charge in [-0.15, -0.1) is 0 Å². The molecule has 0 spiro atoms. The normalized spacial score (nSPS) is 42.9. The fourth-order valence-corrected chi connectivity index (χ4v) is 8.27. The van der Waals surface area contributed by atoms with Crippen molar-refractivity contribution in [1.29, 1.82) is 0 Å². The van der Waals surface area contributed by atoms with Crippen LogP contribution < -0.4 is 5.73 Å². The Hall–Kier alpha value is -1.94. The lowest BCUT2D eigenvalue weighted by molar-refractivity contribution is -0.125. The number of aromatic nitrogens is 2. The third-order valence-electron chi connectivity index (χ3n) is 9.72. The Labute approximate surface area is 178 Å². The average molecular weight is 404 g/mol. The first-order valence-electron chi connectivity index (χ1n) is 11.9. The second-order valence-corrected chi connectivity index (χ2v) is 10.8. The van der Waals surface area contributed by atoms with Crippen molar-refractivity contribution < 1.29 is 4.79 Å². The van der Waals surface area contributed by atoms with Gasteiger partial charge in [-0.1, -0.05) is 30.7 Å². The van der Waals surface area contributed by atoms with Gasteiger partial charge < -0.3 is 15.1 Å². The molecule has 1 aromatic carbocycles. The zero-order chi connectivity index (χ0) is 20.5. The van der Waals surface area contributed by atoms with Crippen molar-refractivity contribution in [3.05, 3.63) is 42.2 Å². The molecular weight excluding hydrogens is 370 g/mol. The zero-order valence-electron chi connectivity index (χ0n) is 18.0. The Morgan fingerprint density at radius 1 is 1.13 bits per heavy atom. The second-order valence-electron chi connectivity index (χ2n) is 10.8. The molecule has 0 aliphatic heterocycles. The van der Waals surface area contributed by atoms with Gasteiger partial charge in [-0.05, 0) is 86.7 Å². The van der Waals surface area contributed by atoms with Crippen LogP contribution in [0.2, 0.25) is 0 Å². The van der Waals surface area contributed by atoms with Crippen molar-refractivity contribution in [1.82, 2.24) is 9.55 Å². The molecule has 158 valence electrons. The number of nitrogens with two attached hydrogens (primary N) is 1. The highest BCUT2D eigenvalue weighted by Gasteiger charge is 2.60. The summed E-state index contributed by atoms with van der Waals surface area (Å²) < 4.78 is 2.47. The van der Waals surface area contributed by atoms with Crippen molar-refractivity contribution in [3.63, 3.8) is 0 Å². The van der Waals surface area contributed by atoms with E-state index < -0.39 is 0 Å². The Balaban J connectivity index is 1.37. The van der Waals surface area contributed by atoms with E-state index in [0.717, 1.165) is 31.2 Å². The van der Waals surface area contributed by atoms with E-state index in [1.165, 1.54) is 43.1 Å². The first-order chi connectivity index (χ1) is 14.6. The molecule has 4 heteroatoms. The van der Waals surface area contributed by atoms with Crippen LogP contribution in [-0.4, -0.2) is 21.9 Å². The van der Waals surface area contributed by atoms with Gasteiger partial charge in [-0.2, -0.15) is 0 Å². The Bertz CT molecular complexity index is 1020. The van der Waals surface area contributed by atoms with Gasteiger partial charge in [0.2, 0.25) is 0 Å². The maximum absolute atomic E-state index is 12.6. The lowest BCUT2D eigenvalue weighted by Gasteiger charge is -2.57. The van der Waals surface area contributed by atoms with Crippen molar-refractivity contribution in [3.8, 4) is 0 Å². The molecule has 1 aromatic heterocycles. The van der Waals surface area contributed by atoms with Crippen LogP contribution in [0.5, 0.6) is 0 Å². The number of nitrogens with zero attached hydrogens (tertiary/aromatic N) is 2. The lowest BCUT2D eigenvalue weighted by Crippen LogP contribution is -2.52. The number of hydrogen-bond donors (Lipinski definition) is 1. The van der Waals surface area contributed by atoms with E-state index in [2.05, 4.69) is 48.2 Å². The number of para-hydroxylation sites is 2. The molecule has 0 bridgehead atoms. The monoisotopic (exact) mass is 403 g/mol. The quantitative estimate of drug-likeness (QED) is 0.564. The number of carbonyl (C=O) groups excluding carboxylic acids is 1. The molecule has 4 nitrogen and oxygen atoms in total. The Morgan fingerprint density at radius 3 is 2.87 bits per heavy atom. The third kappa shape index (κ3) is 2.37. The molecule has 0 saturated heterocycles. The second kappa shape index (κ2) is 6.53. The molecule has 3 fully saturated rings. The molecule has 7 atom stereocenters. The SMILES string of the molecule is CC12CCC3C(CC=C4CC(N)CCC43C=O)C1CCC2n1cnc2ccccc21. The Morgan fingerprint density at radius 2 is 2.00 bits per heavy atom. The fraction of sp³-hybridized carbons (Fsp3) is 0.615. The molecule has 4 aliphatic carbocycles. The van der Waals surface area contributed by atoms with Crippen LogP contribution in [-0.2, 0) is 4.79 Å². The van der Waals surface area contributed by atoms with Gasteiger partial charge in [0.1, 0.15) is 6.29 Å². The van der Waals surface area contributed by atoms with Gasteiger partial charge in [0.05, 0.1) is 17.4 Å². The van der Waals surface area contributed by atoms with Crippen LogP contribution in [0.25, 0.3) is 11.0 Å². The minimum Gasteiger partial charge on any atom is -0.327 e. The predicted octanol–water partition coefficient (Wildman–Crippen LogP) is 5.05. The molecule has 7 unspecified atom stereocenters. The standard InChI is InChI=1S/C26H33N3O/c1-25-12-11-21-19(7-6-17-14-18(27)10-13-26(17,21)15-30)20(25)8-9-24(25)29-16-28-22-4-2-3-5-23(22)29/h2-6,15-16,18-21,24H,7-14,27H2,1H3. The molecule has 30 heavy (non-hydrogen) atoms. The fourth-order valence-electron chi connectivity index (χ4n) is 8.27. The summed E-state index contributed by atoms with van der Waals surface area (Å²) in [6, 6.07) is 9.28. The van der Waals surface area contributed by atoms with Gasteiger partial charge >= 0.3 is 0 Å². The molecular formula is C26H33N3O. The molecule has 0 amide bonds. The molecule has 2 aromatic rings. The summed E-state index contributed by atoms with van der Waals surface area (Å²) in [6.07, 6.45) is 14.7. The summed E-state index contributed by atoms with van der Waals surface area (Å²) in [4.78, 5) is 17.2. The van der Waals surface area contributed by atoms with Crippen LogP contribution in [0, 0.1) is 28.6 Å². The van der Waals surface area contributed by atoms with Gasteiger partial charge in [0.15, 0.2) is 0 Å². The minimum absolute atomic E-state index is 0.222. The van der Waals surface area contributed by atoms with Crippen molar-refractivity contribution >= 4 is 17.3 Å². The lowest BCUT2D eigenvalue weighted by atomic mass is 9.47. The highest BCUT2D eigenvalue weighted by Crippen LogP contribution is 2.66. The summed E-state index contributed by atoms with van der Waals surface area (Å²) in [6.45, 7) is 2.53. The van der Waals surface area contributed by atoms with Crippen LogP contribution in [0.15, 0.2) is 42.2 Å². The molecule has 6 rings (SSSR count). The Kier molecular flexibility index (Phi) is 4.09. The van der Waals surface area contributed by atoms with Crippen LogP contribution in [0.4, 0.5) is 0 Å². The highest BCUT2D eigenvalue weighted by molar-refractivity contribution is 5.75. The molecule has 1 heterocycles. The number of aldehydes is 1. The number of hydrogen-bond acceptors (Lipinski definition) is 3. The number of rotatable bonds is 2. The molecule has 2 N–H and O–H groups in total. The van der Waals surface area contributed by atoms with Gasteiger partial charge in [0, 0.05) is 17.5 Å². The highest BCUT2D eigenvalue weighted by atomic mass is 16.1. The van der Waals surface area contributed by atoms with Crippen molar-refractivity contribution in [2.45, 2.75) is 70.4 Å². The molecule has 4 aliphatic rings. The number of imidazole rings is 1. The largest absolute Gasteiger partial charge is 0.327 e. The van der Waals surface area contributed by atoms with E-state index in [9.17, 15) is 4.79 Å². The van der Waals surface area contributed by atoms with Gasteiger partial charge in [0.25, 0.3) is 0 Å². The average Bonchev–Trinajstić information content (AvgIpc) is 3.33. The van der Waals surface area contributed by atoms with Crippen LogP contribution >= 0.6 is 0 Å². The summed E-state index contributed by atoms with van der Waals surface area (Å²) in [5.74, 6) is 1.83. The molecule has 0 radical (unpaired) electrons. The van der Waals surface area contributed by atoms with E-state index >= 15 is 0 Å². The summed E-state index contributed by atoms with van der Waals surface area (Å²) >= 11 is 0. The number of benzene rings is 1. The number of allylic oxidation sites excluding steroid dienone is 1. The van der Waals surface area contributed by atoms with E-state index in [1.54, 1.807) is 0 Å². The van der Waals surface area contributed by atoms with Crippen LogP contribution in [0.3, 0.4) is 0 Å². The minimum atomic E-state index is -0.222. The zero-order valence-corrected chi connectivity index (χ0v) is 18.0. The number of carbonyl (C=O) groups is 1. The smallest absolute Gasteiger partial charge is 0.130 e. The van der Waals surface area contributed by atoms with E-state index in [0.29, 0.717) is 23.8 Å². The van der Waals surface area contributed by atoms with Gasteiger partial charge in [-0.3, -0.25) is 0 Å². The third-order valence-corrected chi connectivity index (χ3v) is 9.72. The topological polar surface area (TPSA) is 60.9 Å². The van der Waals surface area contributed by atoms with Crippen molar-refractivity contribution in [2.24, 2.45) is 34.3 Å².